The summed E-state index contributed by atoms with van der Waals surface area (Å²) in [6.07, 6.45) is 4.85. The number of ether oxygens (including phenoxy) is 1. The number of likely N-dealkylation sites (tertiary alicyclic amines) is 2. The fourth-order valence-corrected chi connectivity index (χ4v) is 3.62. The minimum absolute atomic E-state index is 0.139. The molecule has 0 radical (unpaired) electrons. The van der Waals surface area contributed by atoms with E-state index in [9.17, 15) is 4.79 Å². The summed E-state index contributed by atoms with van der Waals surface area (Å²) >= 11 is 0. The van der Waals surface area contributed by atoms with E-state index in [-0.39, 0.29) is 12.5 Å². The molecule has 116 valence electrons. The van der Waals surface area contributed by atoms with Crippen LogP contribution >= 0.6 is 0 Å². The van der Waals surface area contributed by atoms with Crippen LogP contribution in [0.3, 0.4) is 0 Å². The number of likely N-dealkylation sites (N-methyl/N-ethyl adjacent to an activating group) is 1. The molecule has 0 aromatic rings. The first-order valence-electron chi connectivity index (χ1n) is 7.74. The van der Waals surface area contributed by atoms with Crippen LogP contribution in [-0.4, -0.2) is 86.7 Å². The van der Waals surface area contributed by atoms with Crippen LogP contribution in [0, 0.1) is 0 Å². The SMILES string of the molecule is COCC(=O)N1CCC2(CCCN2CCN(C)C)CC1. The monoisotopic (exact) mass is 283 g/mol. The summed E-state index contributed by atoms with van der Waals surface area (Å²) < 4.78 is 4.95. The third kappa shape index (κ3) is 3.51. The Morgan fingerprint density at radius 2 is 1.90 bits per heavy atom. The Kier molecular flexibility index (Phi) is 5.41. The van der Waals surface area contributed by atoms with E-state index in [0.717, 1.165) is 39.0 Å². The zero-order chi connectivity index (χ0) is 14.6. The summed E-state index contributed by atoms with van der Waals surface area (Å²) in [4.78, 5) is 18.8. The standard InChI is InChI=1S/C15H29N3O2/c1-16(2)11-12-18-8-4-5-15(18)6-9-17(10-7-15)14(19)13-20-3/h4-13H2,1-3H3. The van der Waals surface area contributed by atoms with Gasteiger partial charge in [0, 0.05) is 38.8 Å². The van der Waals surface area contributed by atoms with Gasteiger partial charge in [-0.15, -0.1) is 0 Å². The van der Waals surface area contributed by atoms with Gasteiger partial charge in [-0.25, -0.2) is 0 Å². The molecule has 2 aliphatic heterocycles. The number of rotatable bonds is 5. The summed E-state index contributed by atoms with van der Waals surface area (Å²) in [5.41, 5.74) is 0.361. The van der Waals surface area contributed by atoms with Crippen LogP contribution in [0.2, 0.25) is 0 Å². The van der Waals surface area contributed by atoms with Crippen molar-refractivity contribution in [2.24, 2.45) is 0 Å². The normalized spacial score (nSPS) is 22.9. The average Bonchev–Trinajstić information content (AvgIpc) is 2.80. The lowest BCUT2D eigenvalue weighted by atomic mass is 9.85. The van der Waals surface area contributed by atoms with E-state index in [4.69, 9.17) is 4.74 Å². The number of amides is 1. The van der Waals surface area contributed by atoms with E-state index in [1.807, 2.05) is 4.90 Å². The maximum Gasteiger partial charge on any atom is 0.248 e. The molecule has 5 nitrogen and oxygen atoms in total. The number of hydrogen-bond acceptors (Lipinski definition) is 4. The van der Waals surface area contributed by atoms with Crippen molar-refractivity contribution >= 4 is 5.91 Å². The average molecular weight is 283 g/mol. The molecule has 2 fully saturated rings. The molecule has 1 spiro atoms. The summed E-state index contributed by atoms with van der Waals surface area (Å²) in [7, 11) is 5.85. The van der Waals surface area contributed by atoms with Gasteiger partial charge in [0.25, 0.3) is 0 Å². The third-order valence-electron chi connectivity index (χ3n) is 4.87. The highest BCUT2D eigenvalue weighted by atomic mass is 16.5. The zero-order valence-corrected chi connectivity index (χ0v) is 13.2. The highest BCUT2D eigenvalue weighted by Crippen LogP contribution is 2.38. The number of hydrogen-bond donors (Lipinski definition) is 0. The molecule has 0 aromatic heterocycles. The quantitative estimate of drug-likeness (QED) is 0.742. The molecule has 2 rings (SSSR count). The molecule has 1 amide bonds. The van der Waals surface area contributed by atoms with E-state index >= 15 is 0 Å². The fraction of sp³-hybridized carbons (Fsp3) is 0.933. The molecule has 0 aliphatic carbocycles. The Hall–Kier alpha value is -0.650. The van der Waals surface area contributed by atoms with Gasteiger partial charge in [0.1, 0.15) is 6.61 Å². The first kappa shape index (κ1) is 15.7. The summed E-state index contributed by atoms with van der Waals surface area (Å²) in [6, 6.07) is 0. The summed E-state index contributed by atoms with van der Waals surface area (Å²) in [5.74, 6) is 0.139. The van der Waals surface area contributed by atoms with Crippen LogP contribution in [0.4, 0.5) is 0 Å². The largest absolute Gasteiger partial charge is 0.375 e. The Balaban J connectivity index is 1.88. The van der Waals surface area contributed by atoms with E-state index in [2.05, 4.69) is 23.9 Å². The van der Waals surface area contributed by atoms with Gasteiger partial charge in [0.15, 0.2) is 0 Å². The van der Waals surface area contributed by atoms with Gasteiger partial charge in [0.2, 0.25) is 5.91 Å². The van der Waals surface area contributed by atoms with Gasteiger partial charge in [-0.3, -0.25) is 9.69 Å². The van der Waals surface area contributed by atoms with Crippen molar-refractivity contribution in [3.05, 3.63) is 0 Å². The van der Waals surface area contributed by atoms with Gasteiger partial charge < -0.3 is 14.5 Å². The van der Waals surface area contributed by atoms with Gasteiger partial charge in [-0.1, -0.05) is 0 Å². The molecule has 0 aromatic carbocycles. The molecule has 0 unspecified atom stereocenters. The van der Waals surface area contributed by atoms with Crippen molar-refractivity contribution in [1.82, 2.24) is 14.7 Å². The maximum absolute atomic E-state index is 11.9. The smallest absolute Gasteiger partial charge is 0.248 e. The molecule has 5 heteroatoms. The Morgan fingerprint density at radius 3 is 2.50 bits per heavy atom. The van der Waals surface area contributed by atoms with Crippen LogP contribution in [-0.2, 0) is 9.53 Å². The lowest BCUT2D eigenvalue weighted by Crippen LogP contribution is -2.54. The Morgan fingerprint density at radius 1 is 1.20 bits per heavy atom. The highest BCUT2D eigenvalue weighted by Gasteiger charge is 2.43. The van der Waals surface area contributed by atoms with E-state index in [1.165, 1.54) is 19.4 Å². The first-order chi connectivity index (χ1) is 9.57. The van der Waals surface area contributed by atoms with E-state index in [1.54, 1.807) is 7.11 Å². The van der Waals surface area contributed by atoms with Gasteiger partial charge in [-0.05, 0) is 46.3 Å². The second-order valence-electron chi connectivity index (χ2n) is 6.43. The molecule has 2 saturated heterocycles. The van der Waals surface area contributed by atoms with Crippen molar-refractivity contribution in [3.8, 4) is 0 Å². The second-order valence-corrected chi connectivity index (χ2v) is 6.43. The van der Waals surface area contributed by atoms with Crippen LogP contribution in [0.5, 0.6) is 0 Å². The van der Waals surface area contributed by atoms with Crippen LogP contribution in [0.1, 0.15) is 25.7 Å². The molecule has 0 atom stereocenters. The molecule has 0 saturated carbocycles. The molecule has 20 heavy (non-hydrogen) atoms. The van der Waals surface area contributed by atoms with Gasteiger partial charge in [0.05, 0.1) is 0 Å². The Bertz CT molecular complexity index is 325. The van der Waals surface area contributed by atoms with Crippen molar-refractivity contribution in [1.29, 1.82) is 0 Å². The summed E-state index contributed by atoms with van der Waals surface area (Å²) in [6.45, 7) is 5.49. The van der Waals surface area contributed by atoms with Gasteiger partial charge >= 0.3 is 0 Å². The number of piperidine rings is 1. The maximum atomic E-state index is 11.9. The molecular weight excluding hydrogens is 254 g/mol. The predicted molar refractivity (Wildman–Crippen MR) is 79.8 cm³/mol. The third-order valence-corrected chi connectivity index (χ3v) is 4.87. The minimum Gasteiger partial charge on any atom is -0.375 e. The first-order valence-corrected chi connectivity index (χ1v) is 7.74. The number of methoxy groups -OCH3 is 1. The predicted octanol–water partition coefficient (Wildman–Crippen LogP) is 0.651. The van der Waals surface area contributed by atoms with Crippen LogP contribution in [0.25, 0.3) is 0 Å². The van der Waals surface area contributed by atoms with Crippen LogP contribution < -0.4 is 0 Å². The van der Waals surface area contributed by atoms with Crippen molar-refractivity contribution in [3.63, 3.8) is 0 Å². The minimum atomic E-state index is 0.139. The lowest BCUT2D eigenvalue weighted by molar-refractivity contribution is -0.137. The molecule has 2 heterocycles. The van der Waals surface area contributed by atoms with Crippen molar-refractivity contribution in [2.45, 2.75) is 31.2 Å². The van der Waals surface area contributed by atoms with E-state index in [0.29, 0.717) is 5.54 Å². The number of carbonyl (C=O) groups excluding carboxylic acids is 1. The fourth-order valence-electron chi connectivity index (χ4n) is 3.62. The van der Waals surface area contributed by atoms with Crippen molar-refractivity contribution < 1.29 is 9.53 Å². The topological polar surface area (TPSA) is 36.0 Å². The molecular formula is C15H29N3O2. The van der Waals surface area contributed by atoms with E-state index < -0.39 is 0 Å². The molecule has 0 N–H and O–H groups in total. The molecule has 0 bridgehead atoms. The second kappa shape index (κ2) is 6.87. The summed E-state index contributed by atoms with van der Waals surface area (Å²) in [5, 5.41) is 0. The van der Waals surface area contributed by atoms with Crippen molar-refractivity contribution in [2.75, 3.05) is 60.5 Å². The van der Waals surface area contributed by atoms with Crippen LogP contribution in [0.15, 0.2) is 0 Å². The number of nitrogens with zero attached hydrogens (tertiary/aromatic N) is 3. The number of carbonyl (C=O) groups is 1. The Labute approximate surface area is 122 Å². The molecule has 2 aliphatic rings. The lowest BCUT2D eigenvalue weighted by Gasteiger charge is -2.45. The van der Waals surface area contributed by atoms with Gasteiger partial charge in [-0.2, -0.15) is 0 Å². The highest BCUT2D eigenvalue weighted by molar-refractivity contribution is 5.77. The zero-order valence-electron chi connectivity index (χ0n) is 13.2.